The Morgan fingerprint density at radius 3 is 2.17 bits per heavy atom. The summed E-state index contributed by atoms with van der Waals surface area (Å²) in [6.07, 6.45) is -7.33. The fourth-order valence-electron chi connectivity index (χ4n) is 0.592. The fourth-order valence-corrected chi connectivity index (χ4v) is 0.592. The number of H-pyrrole nitrogens is 1. The van der Waals surface area contributed by atoms with Gasteiger partial charge >= 0.3 is 6.18 Å². The summed E-state index contributed by atoms with van der Waals surface area (Å²) in [7, 11) is 0. The van der Waals surface area contributed by atoms with Gasteiger partial charge in [0, 0.05) is 0 Å². The molecule has 2 nitrogen and oxygen atoms in total. The minimum Gasteiger partial charge on any atom is -0.334 e. The van der Waals surface area contributed by atoms with Crippen LogP contribution >= 0.6 is 0 Å². The third-order valence-corrected chi connectivity index (χ3v) is 1.11. The smallest absolute Gasteiger partial charge is 0.334 e. The molecule has 0 amide bonds. The summed E-state index contributed by atoms with van der Waals surface area (Å²) < 4.78 is 58.7. The van der Waals surface area contributed by atoms with Crippen molar-refractivity contribution in [3.05, 3.63) is 17.7 Å². The molecule has 0 unspecified atom stereocenters. The quantitative estimate of drug-likeness (QED) is 0.670. The molecule has 0 saturated heterocycles. The monoisotopic (exact) mass is 186 g/mol. The number of aromatic nitrogens is 2. The number of halogens is 5. The second-order valence-electron chi connectivity index (χ2n) is 1.98. The molecule has 1 aromatic heterocycles. The Hall–Kier alpha value is -1.14. The van der Waals surface area contributed by atoms with E-state index in [1.807, 2.05) is 0 Å². The molecule has 0 spiro atoms. The molecule has 7 heteroatoms. The zero-order valence-corrected chi connectivity index (χ0v) is 5.49. The van der Waals surface area contributed by atoms with Gasteiger partial charge in [0.2, 0.25) is 0 Å². The number of alkyl halides is 5. The number of nitrogens with zero attached hydrogens (tertiary/aromatic N) is 1. The Balaban J connectivity index is 2.92. The fraction of sp³-hybridized carbons (Fsp3) is 0.400. The first-order valence-corrected chi connectivity index (χ1v) is 2.81. The van der Waals surface area contributed by atoms with E-state index < -0.39 is 24.1 Å². The van der Waals surface area contributed by atoms with Gasteiger partial charge in [-0.3, -0.25) is 0 Å². The predicted octanol–water partition coefficient (Wildman–Crippen LogP) is 2.37. The van der Waals surface area contributed by atoms with Crippen molar-refractivity contribution >= 4 is 0 Å². The molecule has 0 aromatic carbocycles. The van der Waals surface area contributed by atoms with Crippen molar-refractivity contribution in [2.24, 2.45) is 0 Å². The topological polar surface area (TPSA) is 28.7 Å². The van der Waals surface area contributed by atoms with Crippen LogP contribution in [0.1, 0.15) is 17.9 Å². The molecule has 0 aliphatic heterocycles. The highest BCUT2D eigenvalue weighted by atomic mass is 19.4. The van der Waals surface area contributed by atoms with Crippen molar-refractivity contribution in [3.63, 3.8) is 0 Å². The summed E-state index contributed by atoms with van der Waals surface area (Å²) in [5.74, 6) is -0.970. The van der Waals surface area contributed by atoms with Crippen LogP contribution in [0.25, 0.3) is 0 Å². The molecule has 1 heterocycles. The summed E-state index contributed by atoms with van der Waals surface area (Å²) in [5, 5.41) is 0. The van der Waals surface area contributed by atoms with Crippen LogP contribution in [0.2, 0.25) is 0 Å². The number of imidazole rings is 1. The molecular weight excluding hydrogens is 183 g/mol. The maximum atomic E-state index is 11.7. The highest BCUT2D eigenvalue weighted by Gasteiger charge is 2.33. The van der Waals surface area contributed by atoms with Gasteiger partial charge in [-0.15, -0.1) is 0 Å². The first-order valence-electron chi connectivity index (χ1n) is 2.81. The van der Waals surface area contributed by atoms with Crippen LogP contribution < -0.4 is 0 Å². The summed E-state index contributed by atoms with van der Waals surface area (Å²) in [6.45, 7) is 0. The van der Waals surface area contributed by atoms with E-state index in [-0.39, 0.29) is 0 Å². The molecule has 12 heavy (non-hydrogen) atoms. The van der Waals surface area contributed by atoms with Gasteiger partial charge < -0.3 is 4.98 Å². The maximum absolute atomic E-state index is 11.7. The predicted molar refractivity (Wildman–Crippen MR) is 28.5 cm³/mol. The normalized spacial score (nSPS) is 12.5. The van der Waals surface area contributed by atoms with Crippen LogP contribution in [-0.4, -0.2) is 9.97 Å². The van der Waals surface area contributed by atoms with Crippen molar-refractivity contribution < 1.29 is 22.0 Å². The van der Waals surface area contributed by atoms with Crippen molar-refractivity contribution in [2.75, 3.05) is 0 Å². The second kappa shape index (κ2) is 2.72. The van der Waals surface area contributed by atoms with Gasteiger partial charge in [-0.05, 0) is 0 Å². The number of hydrogen-bond donors (Lipinski definition) is 1. The standard InChI is InChI=1S/C5H3F5N2/c6-3(7)4-11-1-2(12-4)5(8,9)10/h1,3H,(H,11,12). The van der Waals surface area contributed by atoms with Gasteiger partial charge in [0.1, 0.15) is 5.69 Å². The highest BCUT2D eigenvalue weighted by molar-refractivity contribution is 5.05. The van der Waals surface area contributed by atoms with E-state index in [1.165, 1.54) is 4.98 Å². The summed E-state index contributed by atoms with van der Waals surface area (Å²) in [4.78, 5) is 4.32. The maximum Gasteiger partial charge on any atom is 0.432 e. The molecule has 1 aromatic rings. The molecule has 1 rings (SSSR count). The van der Waals surface area contributed by atoms with Crippen LogP contribution in [0.5, 0.6) is 0 Å². The lowest BCUT2D eigenvalue weighted by molar-refractivity contribution is -0.141. The molecule has 1 N–H and O–H groups in total. The zero-order chi connectivity index (χ0) is 9.35. The molecule has 0 aliphatic rings. The first kappa shape index (κ1) is 8.95. The third kappa shape index (κ3) is 1.72. The first-order chi connectivity index (χ1) is 5.41. The summed E-state index contributed by atoms with van der Waals surface area (Å²) in [6, 6.07) is 0. The molecule has 0 bridgehead atoms. The van der Waals surface area contributed by atoms with Crippen LogP contribution in [0, 0.1) is 0 Å². The number of hydrogen-bond acceptors (Lipinski definition) is 1. The van der Waals surface area contributed by atoms with Gasteiger partial charge in [-0.1, -0.05) is 0 Å². The van der Waals surface area contributed by atoms with Gasteiger partial charge in [-0.2, -0.15) is 13.2 Å². The minimum atomic E-state index is -4.65. The molecule has 0 saturated carbocycles. The molecule has 0 radical (unpaired) electrons. The number of rotatable bonds is 1. The van der Waals surface area contributed by atoms with Crippen LogP contribution in [0.4, 0.5) is 22.0 Å². The Morgan fingerprint density at radius 2 is 1.92 bits per heavy atom. The highest BCUT2D eigenvalue weighted by Crippen LogP contribution is 2.28. The molecule has 0 atom stereocenters. The van der Waals surface area contributed by atoms with E-state index in [4.69, 9.17) is 0 Å². The molecule has 68 valence electrons. The van der Waals surface area contributed by atoms with E-state index in [1.54, 1.807) is 0 Å². The molecule has 0 fully saturated rings. The lowest BCUT2D eigenvalue weighted by Crippen LogP contribution is -2.05. The van der Waals surface area contributed by atoms with Crippen molar-refractivity contribution in [1.82, 2.24) is 9.97 Å². The van der Waals surface area contributed by atoms with Crippen LogP contribution in [0.15, 0.2) is 6.20 Å². The largest absolute Gasteiger partial charge is 0.432 e. The second-order valence-corrected chi connectivity index (χ2v) is 1.98. The average Bonchev–Trinajstić information content (AvgIpc) is 2.30. The van der Waals surface area contributed by atoms with E-state index >= 15 is 0 Å². The Morgan fingerprint density at radius 1 is 1.33 bits per heavy atom. The average molecular weight is 186 g/mol. The van der Waals surface area contributed by atoms with Crippen LogP contribution in [-0.2, 0) is 6.18 Å². The van der Waals surface area contributed by atoms with Gasteiger partial charge in [0.15, 0.2) is 5.82 Å². The molecule has 0 aliphatic carbocycles. The van der Waals surface area contributed by atoms with Crippen molar-refractivity contribution in [3.8, 4) is 0 Å². The lowest BCUT2D eigenvalue weighted by Gasteiger charge is -2.00. The van der Waals surface area contributed by atoms with Gasteiger partial charge in [-0.25, -0.2) is 13.8 Å². The van der Waals surface area contributed by atoms with Crippen molar-refractivity contribution in [2.45, 2.75) is 12.6 Å². The number of nitrogens with one attached hydrogen (secondary N) is 1. The zero-order valence-electron chi connectivity index (χ0n) is 5.49. The van der Waals surface area contributed by atoms with Gasteiger partial charge in [0.05, 0.1) is 6.20 Å². The summed E-state index contributed by atoms with van der Waals surface area (Å²) >= 11 is 0. The van der Waals surface area contributed by atoms with Crippen molar-refractivity contribution in [1.29, 1.82) is 0 Å². The lowest BCUT2D eigenvalue weighted by atomic mass is 10.5. The van der Waals surface area contributed by atoms with E-state index in [0.717, 1.165) is 0 Å². The Bertz CT molecular complexity index is 263. The third-order valence-electron chi connectivity index (χ3n) is 1.11. The Labute approximate surface area is 63.4 Å². The number of aromatic amines is 1. The van der Waals surface area contributed by atoms with Crippen LogP contribution in [0.3, 0.4) is 0 Å². The van der Waals surface area contributed by atoms with E-state index in [9.17, 15) is 22.0 Å². The van der Waals surface area contributed by atoms with E-state index in [0.29, 0.717) is 6.20 Å². The SMILES string of the molecule is FC(F)c1ncc(C(F)(F)F)[nH]1. The van der Waals surface area contributed by atoms with Gasteiger partial charge in [0.25, 0.3) is 6.43 Å². The Kier molecular flexibility index (Phi) is 2.03. The molecular formula is C5H3F5N2. The summed E-state index contributed by atoms with van der Waals surface area (Å²) in [5.41, 5.74) is -1.27. The van der Waals surface area contributed by atoms with E-state index in [2.05, 4.69) is 4.98 Å². The minimum absolute atomic E-state index is 0.335.